The van der Waals surface area contributed by atoms with Crippen LogP contribution in [0.3, 0.4) is 0 Å². The minimum atomic E-state index is -3.80. The summed E-state index contributed by atoms with van der Waals surface area (Å²) in [4.78, 5) is 17.5. The standard InChI is InChI=1S/C11H13ClN4O3S2/c1-15-6-7(2-3-8(15)17)14-21(18,19)10-9(12)13-11-16(10)4-5-20-11/h4-5,7,14H,2-3,6H2,1H3. The molecule has 0 spiro atoms. The van der Waals surface area contributed by atoms with Crippen molar-refractivity contribution in [3.8, 4) is 0 Å². The smallest absolute Gasteiger partial charge is 0.260 e. The number of aromatic nitrogens is 2. The number of imidazole rings is 1. The van der Waals surface area contributed by atoms with E-state index in [4.69, 9.17) is 11.6 Å². The molecule has 1 fully saturated rings. The predicted molar refractivity (Wildman–Crippen MR) is 79.1 cm³/mol. The highest BCUT2D eigenvalue weighted by Gasteiger charge is 2.31. The summed E-state index contributed by atoms with van der Waals surface area (Å²) in [7, 11) is -2.14. The van der Waals surface area contributed by atoms with E-state index in [1.165, 1.54) is 20.6 Å². The molecule has 0 aliphatic carbocycles. The highest BCUT2D eigenvalue weighted by molar-refractivity contribution is 7.89. The number of likely N-dealkylation sites (tertiary alicyclic amines) is 1. The molecule has 1 saturated heterocycles. The second-order valence-corrected chi connectivity index (χ2v) is 7.75. The maximum Gasteiger partial charge on any atom is 0.260 e. The van der Waals surface area contributed by atoms with Gasteiger partial charge in [0.25, 0.3) is 10.0 Å². The Labute approximate surface area is 130 Å². The molecule has 114 valence electrons. The summed E-state index contributed by atoms with van der Waals surface area (Å²) in [5.74, 6) is 0.0214. The summed E-state index contributed by atoms with van der Waals surface area (Å²) < 4.78 is 29.1. The zero-order valence-corrected chi connectivity index (χ0v) is 13.5. The van der Waals surface area contributed by atoms with Crippen LogP contribution in [-0.4, -0.2) is 48.2 Å². The Kier molecular flexibility index (Phi) is 3.68. The lowest BCUT2D eigenvalue weighted by Gasteiger charge is -2.29. The number of fused-ring (bicyclic) bond motifs is 1. The lowest BCUT2D eigenvalue weighted by atomic mass is 10.1. The predicted octanol–water partition coefficient (Wildman–Crippen LogP) is 0.948. The molecular formula is C11H13ClN4O3S2. The first-order chi connectivity index (χ1) is 9.88. The Bertz CT molecular complexity index is 798. The maximum atomic E-state index is 12.5. The number of sulfonamides is 1. The molecule has 7 nitrogen and oxygen atoms in total. The van der Waals surface area contributed by atoms with Crippen molar-refractivity contribution in [1.29, 1.82) is 0 Å². The van der Waals surface area contributed by atoms with Crippen LogP contribution in [0.5, 0.6) is 0 Å². The molecule has 3 heterocycles. The van der Waals surface area contributed by atoms with Gasteiger partial charge in [-0.2, -0.15) is 0 Å². The molecule has 0 aromatic carbocycles. The first kappa shape index (κ1) is 14.8. The third-order valence-electron chi connectivity index (χ3n) is 3.38. The molecule has 1 amide bonds. The van der Waals surface area contributed by atoms with Gasteiger partial charge in [0.05, 0.1) is 0 Å². The lowest BCUT2D eigenvalue weighted by Crippen LogP contribution is -2.48. The number of thiazole rings is 1. The summed E-state index contributed by atoms with van der Waals surface area (Å²) in [5, 5.41) is 1.64. The molecule has 0 bridgehead atoms. The summed E-state index contributed by atoms with van der Waals surface area (Å²) >= 11 is 7.26. The molecule has 3 rings (SSSR count). The first-order valence-electron chi connectivity index (χ1n) is 6.26. The Morgan fingerprint density at radius 2 is 2.29 bits per heavy atom. The van der Waals surface area contributed by atoms with Gasteiger partial charge in [-0.05, 0) is 6.42 Å². The van der Waals surface area contributed by atoms with Crippen LogP contribution >= 0.6 is 22.9 Å². The van der Waals surface area contributed by atoms with Crippen LogP contribution in [0.4, 0.5) is 0 Å². The molecular weight excluding hydrogens is 336 g/mol. The molecule has 0 radical (unpaired) electrons. The van der Waals surface area contributed by atoms with Gasteiger partial charge in [0, 0.05) is 37.6 Å². The van der Waals surface area contributed by atoms with Crippen LogP contribution in [0.25, 0.3) is 4.96 Å². The minimum absolute atomic E-state index is 0.0214. The number of hydrogen-bond acceptors (Lipinski definition) is 5. The van der Waals surface area contributed by atoms with Gasteiger partial charge in [0.2, 0.25) is 5.91 Å². The Morgan fingerprint density at radius 3 is 3.00 bits per heavy atom. The second kappa shape index (κ2) is 5.24. The number of rotatable bonds is 3. The summed E-state index contributed by atoms with van der Waals surface area (Å²) in [6, 6.07) is -0.321. The fourth-order valence-electron chi connectivity index (χ4n) is 2.36. The number of nitrogens with zero attached hydrogens (tertiary/aromatic N) is 3. The third kappa shape index (κ3) is 2.66. The van der Waals surface area contributed by atoms with E-state index < -0.39 is 10.0 Å². The number of halogens is 1. The van der Waals surface area contributed by atoms with Crippen LogP contribution in [-0.2, 0) is 14.8 Å². The number of nitrogens with one attached hydrogen (secondary N) is 1. The van der Waals surface area contributed by atoms with Gasteiger partial charge in [-0.1, -0.05) is 11.6 Å². The normalized spacial score (nSPS) is 20.4. The van der Waals surface area contributed by atoms with Crippen LogP contribution < -0.4 is 4.72 Å². The quantitative estimate of drug-likeness (QED) is 0.895. The number of hydrogen-bond donors (Lipinski definition) is 1. The van der Waals surface area contributed by atoms with Crippen LogP contribution in [0.15, 0.2) is 16.6 Å². The average molecular weight is 349 g/mol. The van der Waals surface area contributed by atoms with E-state index in [-0.39, 0.29) is 22.1 Å². The van der Waals surface area contributed by atoms with Crippen molar-refractivity contribution in [2.75, 3.05) is 13.6 Å². The van der Waals surface area contributed by atoms with E-state index in [1.54, 1.807) is 18.6 Å². The van der Waals surface area contributed by atoms with Gasteiger partial charge < -0.3 is 4.90 Å². The summed E-state index contributed by atoms with van der Waals surface area (Å²) in [5.41, 5.74) is 0. The largest absolute Gasteiger partial charge is 0.344 e. The zero-order valence-electron chi connectivity index (χ0n) is 11.1. The van der Waals surface area contributed by atoms with Gasteiger partial charge in [-0.25, -0.2) is 18.1 Å². The van der Waals surface area contributed by atoms with E-state index in [1.807, 2.05) is 0 Å². The van der Waals surface area contributed by atoms with Crippen molar-refractivity contribution in [1.82, 2.24) is 19.0 Å². The Morgan fingerprint density at radius 1 is 1.52 bits per heavy atom. The molecule has 1 unspecified atom stereocenters. The number of piperidine rings is 1. The molecule has 1 aliphatic rings. The number of amides is 1. The number of likely N-dealkylation sites (N-methyl/N-ethyl adjacent to an activating group) is 1. The van der Waals surface area contributed by atoms with Crippen molar-refractivity contribution in [2.24, 2.45) is 0 Å². The average Bonchev–Trinajstić information content (AvgIpc) is 2.92. The molecule has 2 aromatic rings. The topological polar surface area (TPSA) is 83.8 Å². The number of carbonyl (C=O) groups excluding carboxylic acids is 1. The highest BCUT2D eigenvalue weighted by Crippen LogP contribution is 2.26. The van der Waals surface area contributed by atoms with Crippen LogP contribution in [0.1, 0.15) is 12.8 Å². The Balaban J connectivity index is 1.89. The second-order valence-electron chi connectivity index (χ2n) is 4.89. The molecule has 0 saturated carbocycles. The van der Waals surface area contributed by atoms with Crippen molar-refractivity contribution in [3.05, 3.63) is 16.7 Å². The monoisotopic (exact) mass is 348 g/mol. The summed E-state index contributed by atoms with van der Waals surface area (Å²) in [6.45, 7) is 0.348. The molecule has 2 aromatic heterocycles. The van der Waals surface area contributed by atoms with Gasteiger partial charge in [0.15, 0.2) is 15.1 Å². The first-order valence-corrected chi connectivity index (χ1v) is 9.00. The van der Waals surface area contributed by atoms with Crippen molar-refractivity contribution >= 4 is 43.8 Å². The van der Waals surface area contributed by atoms with Crippen molar-refractivity contribution in [2.45, 2.75) is 23.9 Å². The maximum absolute atomic E-state index is 12.5. The summed E-state index contributed by atoms with van der Waals surface area (Å²) in [6.07, 6.45) is 2.42. The number of carbonyl (C=O) groups is 1. The van der Waals surface area contributed by atoms with Gasteiger partial charge in [-0.3, -0.25) is 9.20 Å². The fourth-order valence-corrected chi connectivity index (χ4v) is 5.08. The van der Waals surface area contributed by atoms with E-state index in [9.17, 15) is 13.2 Å². The SMILES string of the molecule is CN1CC(NS(=O)(=O)c2c(Cl)nc3sccn23)CCC1=O. The molecule has 1 N–H and O–H groups in total. The molecule has 1 aliphatic heterocycles. The third-order valence-corrected chi connectivity index (χ3v) is 6.06. The molecule has 10 heteroatoms. The van der Waals surface area contributed by atoms with Crippen molar-refractivity contribution < 1.29 is 13.2 Å². The molecule has 21 heavy (non-hydrogen) atoms. The highest BCUT2D eigenvalue weighted by atomic mass is 35.5. The van der Waals surface area contributed by atoms with Crippen molar-refractivity contribution in [3.63, 3.8) is 0 Å². The van der Waals surface area contributed by atoms with E-state index in [0.717, 1.165) is 0 Å². The van der Waals surface area contributed by atoms with Gasteiger partial charge in [0.1, 0.15) is 0 Å². The zero-order chi connectivity index (χ0) is 15.2. The molecule has 1 atom stereocenters. The fraction of sp³-hybridized carbons (Fsp3) is 0.455. The van der Waals surface area contributed by atoms with E-state index in [2.05, 4.69) is 9.71 Å². The van der Waals surface area contributed by atoms with E-state index in [0.29, 0.717) is 24.3 Å². The van der Waals surface area contributed by atoms with Crippen LogP contribution in [0.2, 0.25) is 5.15 Å². The minimum Gasteiger partial charge on any atom is -0.344 e. The van der Waals surface area contributed by atoms with E-state index >= 15 is 0 Å². The van der Waals surface area contributed by atoms with Gasteiger partial charge >= 0.3 is 0 Å². The lowest BCUT2D eigenvalue weighted by molar-refractivity contribution is -0.132. The van der Waals surface area contributed by atoms with Crippen LogP contribution in [0, 0.1) is 0 Å². The van der Waals surface area contributed by atoms with Gasteiger partial charge in [-0.15, -0.1) is 11.3 Å². The Hall–Kier alpha value is -1.16.